The number of nitrogens with zero attached hydrogens (tertiary/aromatic N) is 1. The minimum absolute atomic E-state index is 0.0306. The molecule has 1 heterocycles. The monoisotopic (exact) mass is 541 g/mol. The fourth-order valence-corrected chi connectivity index (χ4v) is 4.57. The van der Waals surface area contributed by atoms with Crippen LogP contribution in [0.25, 0.3) is 11.3 Å². The Balaban J connectivity index is 1.50. The zero-order valence-electron chi connectivity index (χ0n) is 21.4. The zero-order valence-corrected chi connectivity index (χ0v) is 22.2. The second-order valence-electron chi connectivity index (χ2n) is 9.40. The van der Waals surface area contributed by atoms with E-state index >= 15 is 0 Å². The summed E-state index contributed by atoms with van der Waals surface area (Å²) in [4.78, 5) is 29.5. The Morgan fingerprint density at radius 2 is 1.84 bits per heavy atom. The number of benzene rings is 2. The molecule has 0 radical (unpaired) electrons. The number of methoxy groups -OCH3 is 2. The first-order valence-corrected chi connectivity index (χ1v) is 12.6. The van der Waals surface area contributed by atoms with Crippen LogP contribution in [0.5, 0.6) is 17.2 Å². The van der Waals surface area contributed by atoms with E-state index in [1.165, 1.54) is 32.4 Å². The Hall–Kier alpha value is -3.49. The number of aliphatic hydroxyl groups is 1. The Morgan fingerprint density at radius 3 is 2.50 bits per heavy atom. The Kier molecular flexibility index (Phi) is 8.33. The van der Waals surface area contributed by atoms with E-state index in [1.54, 1.807) is 37.3 Å². The van der Waals surface area contributed by atoms with Gasteiger partial charge in [-0.3, -0.25) is 9.59 Å². The molecule has 0 bridgehead atoms. The van der Waals surface area contributed by atoms with Crippen LogP contribution in [-0.4, -0.2) is 42.0 Å². The number of hydrogen-bond donors (Lipinski definition) is 1. The van der Waals surface area contributed by atoms with Crippen molar-refractivity contribution >= 4 is 23.2 Å². The third kappa shape index (κ3) is 5.97. The molecule has 1 saturated carbocycles. The summed E-state index contributed by atoms with van der Waals surface area (Å²) >= 11 is 5.95. The predicted molar refractivity (Wildman–Crippen MR) is 141 cm³/mol. The van der Waals surface area contributed by atoms with Crippen LogP contribution in [0.15, 0.2) is 48.5 Å². The summed E-state index contributed by atoms with van der Waals surface area (Å²) in [6.45, 7) is 1.58. The molecule has 0 amide bonds. The van der Waals surface area contributed by atoms with Crippen molar-refractivity contribution in [3.63, 3.8) is 0 Å². The molecule has 1 fully saturated rings. The Bertz CT molecular complexity index is 1360. The fraction of sp³-hybridized carbons (Fsp3) is 0.345. The van der Waals surface area contributed by atoms with Crippen molar-refractivity contribution in [1.29, 1.82) is 0 Å². The molecule has 2 aromatic carbocycles. The third-order valence-electron chi connectivity index (χ3n) is 6.67. The average Bonchev–Trinajstić information content (AvgIpc) is 3.32. The molecular formula is C29H29ClFNO6. The molecule has 9 heteroatoms. The van der Waals surface area contributed by atoms with Crippen molar-refractivity contribution in [3.8, 4) is 28.5 Å². The van der Waals surface area contributed by atoms with Gasteiger partial charge in [-0.25, -0.2) is 9.37 Å². The molecule has 1 N–H and O–H groups in total. The van der Waals surface area contributed by atoms with Crippen LogP contribution < -0.4 is 14.2 Å². The standard InChI is InChI=1S/C29H29ClFNO6/c1-29(35,27-12-11-25(36-2)28(32-27)18-7-9-20(31)19(30)15-18)14-13-21(33)17-8-10-24(26(16-17)37-3)38-23-6-4-5-22(23)34/h7-12,15-16,23,35H,4-6,13-14H2,1-3H3. The van der Waals surface area contributed by atoms with Gasteiger partial charge < -0.3 is 19.3 Å². The number of aromatic nitrogens is 1. The summed E-state index contributed by atoms with van der Waals surface area (Å²) < 4.78 is 30.3. The van der Waals surface area contributed by atoms with Crippen molar-refractivity contribution in [3.05, 3.63) is 70.6 Å². The number of halogens is 2. The first kappa shape index (κ1) is 27.5. The Morgan fingerprint density at radius 1 is 1.11 bits per heavy atom. The van der Waals surface area contributed by atoms with Crippen LogP contribution in [-0.2, 0) is 10.4 Å². The van der Waals surface area contributed by atoms with Crippen LogP contribution in [0.2, 0.25) is 5.02 Å². The first-order chi connectivity index (χ1) is 18.1. The third-order valence-corrected chi connectivity index (χ3v) is 6.95. The highest BCUT2D eigenvalue weighted by Crippen LogP contribution is 2.35. The lowest BCUT2D eigenvalue weighted by Crippen LogP contribution is -2.24. The first-order valence-electron chi connectivity index (χ1n) is 12.3. The molecule has 200 valence electrons. The molecule has 38 heavy (non-hydrogen) atoms. The lowest BCUT2D eigenvalue weighted by molar-refractivity contribution is -0.123. The molecule has 1 aliphatic carbocycles. The van der Waals surface area contributed by atoms with Gasteiger partial charge in [-0.05, 0) is 74.7 Å². The molecule has 0 aliphatic heterocycles. The van der Waals surface area contributed by atoms with Gasteiger partial charge in [0.2, 0.25) is 0 Å². The van der Waals surface area contributed by atoms with Crippen LogP contribution >= 0.6 is 11.6 Å². The molecule has 2 atom stereocenters. The van der Waals surface area contributed by atoms with Gasteiger partial charge in [-0.15, -0.1) is 0 Å². The van der Waals surface area contributed by atoms with E-state index < -0.39 is 17.5 Å². The van der Waals surface area contributed by atoms with Crippen LogP contribution in [0, 0.1) is 5.82 Å². The van der Waals surface area contributed by atoms with Crippen LogP contribution in [0.3, 0.4) is 0 Å². The SMILES string of the molecule is COc1cc(C(=O)CCC(C)(O)c2ccc(OC)c(-c3ccc(F)c(Cl)c3)n2)ccc1OC1CCCC1=O. The van der Waals surface area contributed by atoms with Crippen LogP contribution in [0.1, 0.15) is 55.1 Å². The largest absolute Gasteiger partial charge is 0.494 e. The lowest BCUT2D eigenvalue weighted by Gasteiger charge is -2.24. The minimum Gasteiger partial charge on any atom is -0.494 e. The highest BCUT2D eigenvalue weighted by atomic mass is 35.5. The normalized spacial score (nSPS) is 16.7. The summed E-state index contributed by atoms with van der Waals surface area (Å²) in [5.74, 6) is 0.503. The molecule has 4 rings (SSSR count). The van der Waals surface area contributed by atoms with Crippen molar-refractivity contribution in [1.82, 2.24) is 4.98 Å². The van der Waals surface area contributed by atoms with E-state index in [-0.39, 0.29) is 29.4 Å². The quantitative estimate of drug-likeness (QED) is 0.318. The van der Waals surface area contributed by atoms with Crippen molar-refractivity contribution in [2.45, 2.75) is 50.7 Å². The number of ether oxygens (including phenoxy) is 3. The maximum atomic E-state index is 13.7. The average molecular weight is 542 g/mol. The van der Waals surface area contributed by atoms with Gasteiger partial charge in [-0.2, -0.15) is 0 Å². The molecule has 2 unspecified atom stereocenters. The summed E-state index contributed by atoms with van der Waals surface area (Å²) in [6.07, 6.45) is 1.59. The maximum Gasteiger partial charge on any atom is 0.173 e. The van der Waals surface area contributed by atoms with Gasteiger partial charge in [-0.1, -0.05) is 11.6 Å². The maximum absolute atomic E-state index is 13.7. The molecule has 3 aromatic rings. The minimum atomic E-state index is -1.45. The van der Waals surface area contributed by atoms with Gasteiger partial charge in [0.25, 0.3) is 0 Å². The summed E-state index contributed by atoms with van der Waals surface area (Å²) in [5.41, 5.74) is 0.183. The highest BCUT2D eigenvalue weighted by molar-refractivity contribution is 6.31. The zero-order chi connectivity index (χ0) is 27.4. The van der Waals surface area contributed by atoms with E-state index in [4.69, 9.17) is 25.8 Å². The molecule has 0 spiro atoms. The molecule has 1 aromatic heterocycles. The molecule has 1 aliphatic rings. The number of Topliss-reactive ketones (excluding diaryl/α,β-unsaturated/α-hetero) is 2. The van der Waals surface area contributed by atoms with Gasteiger partial charge in [0.15, 0.2) is 29.2 Å². The summed E-state index contributed by atoms with van der Waals surface area (Å²) in [5, 5.41) is 11.2. The Labute approximate surface area is 225 Å². The topological polar surface area (TPSA) is 95.0 Å². The number of carbonyl (C=O) groups excluding carboxylic acids is 2. The van der Waals surface area contributed by atoms with E-state index in [0.717, 1.165) is 6.42 Å². The number of ketones is 2. The number of pyridine rings is 1. The smallest absolute Gasteiger partial charge is 0.173 e. The van der Waals surface area contributed by atoms with Crippen molar-refractivity contribution in [2.75, 3.05) is 14.2 Å². The van der Waals surface area contributed by atoms with Crippen molar-refractivity contribution < 1.29 is 33.3 Å². The summed E-state index contributed by atoms with van der Waals surface area (Å²) in [7, 11) is 2.96. The van der Waals surface area contributed by atoms with Crippen molar-refractivity contribution in [2.24, 2.45) is 0 Å². The van der Waals surface area contributed by atoms with E-state index in [1.807, 2.05) is 0 Å². The predicted octanol–water partition coefficient (Wildman–Crippen LogP) is 5.93. The molecule has 7 nitrogen and oxygen atoms in total. The highest BCUT2D eigenvalue weighted by Gasteiger charge is 2.29. The van der Waals surface area contributed by atoms with Gasteiger partial charge >= 0.3 is 0 Å². The number of hydrogen-bond acceptors (Lipinski definition) is 7. The lowest BCUT2D eigenvalue weighted by atomic mass is 9.92. The second-order valence-corrected chi connectivity index (χ2v) is 9.81. The van der Waals surface area contributed by atoms with E-state index in [9.17, 15) is 19.1 Å². The number of carbonyl (C=O) groups is 2. The molecule has 0 saturated heterocycles. The van der Waals surface area contributed by atoms with E-state index in [2.05, 4.69) is 4.98 Å². The fourth-order valence-electron chi connectivity index (χ4n) is 4.39. The van der Waals surface area contributed by atoms with Gasteiger partial charge in [0, 0.05) is 24.0 Å². The van der Waals surface area contributed by atoms with Gasteiger partial charge in [0.1, 0.15) is 22.9 Å². The van der Waals surface area contributed by atoms with Crippen LogP contribution in [0.4, 0.5) is 4.39 Å². The van der Waals surface area contributed by atoms with E-state index in [0.29, 0.717) is 52.6 Å². The summed E-state index contributed by atoms with van der Waals surface area (Å²) in [6, 6.07) is 12.3. The second kappa shape index (κ2) is 11.5. The van der Waals surface area contributed by atoms with Gasteiger partial charge in [0.05, 0.1) is 24.9 Å². The molecular weight excluding hydrogens is 513 g/mol. The number of rotatable bonds is 10.